The van der Waals surface area contributed by atoms with Gasteiger partial charge < -0.3 is 5.11 Å². The fourth-order valence-electron chi connectivity index (χ4n) is 2.74. The molecule has 0 spiro atoms. The Bertz CT molecular complexity index is 552. The van der Waals surface area contributed by atoms with E-state index in [2.05, 4.69) is 24.3 Å². The molecule has 21 heavy (non-hydrogen) atoms. The molecule has 0 saturated heterocycles. The molecule has 0 radical (unpaired) electrons. The summed E-state index contributed by atoms with van der Waals surface area (Å²) >= 11 is 0. The normalized spacial score (nSPS) is 22.5. The SMILES string of the molecule is CC(=O)C1=CC(CCCCCC2=CC(=C(C)O)C=C2)C=C1. The average Bonchev–Trinajstić information content (AvgIpc) is 3.06. The van der Waals surface area contributed by atoms with E-state index in [0.29, 0.717) is 11.7 Å². The van der Waals surface area contributed by atoms with Gasteiger partial charge in [-0.1, -0.05) is 43.2 Å². The summed E-state index contributed by atoms with van der Waals surface area (Å²) in [5, 5.41) is 9.41. The Labute approximate surface area is 127 Å². The second kappa shape index (κ2) is 7.26. The second-order valence-corrected chi connectivity index (χ2v) is 5.89. The summed E-state index contributed by atoms with van der Waals surface area (Å²) in [5.41, 5.74) is 3.10. The summed E-state index contributed by atoms with van der Waals surface area (Å²) in [4.78, 5) is 11.2. The van der Waals surface area contributed by atoms with Gasteiger partial charge in [-0.05, 0) is 50.7 Å². The van der Waals surface area contributed by atoms with E-state index in [4.69, 9.17) is 0 Å². The van der Waals surface area contributed by atoms with Crippen molar-refractivity contribution in [2.45, 2.75) is 46.0 Å². The summed E-state index contributed by atoms with van der Waals surface area (Å²) < 4.78 is 0. The highest BCUT2D eigenvalue weighted by molar-refractivity contribution is 5.96. The fourth-order valence-corrected chi connectivity index (χ4v) is 2.74. The van der Waals surface area contributed by atoms with E-state index in [0.717, 1.165) is 24.0 Å². The summed E-state index contributed by atoms with van der Waals surface area (Å²) in [6.07, 6.45) is 18.1. The molecule has 0 heterocycles. The Hall–Kier alpha value is -1.83. The molecule has 0 amide bonds. The molecule has 2 rings (SSSR count). The Kier molecular flexibility index (Phi) is 5.38. The molecule has 1 atom stereocenters. The van der Waals surface area contributed by atoms with Crippen LogP contribution in [0, 0.1) is 5.92 Å². The number of ketones is 1. The molecule has 0 fully saturated rings. The largest absolute Gasteiger partial charge is 0.512 e. The van der Waals surface area contributed by atoms with Crippen LogP contribution in [-0.4, -0.2) is 10.9 Å². The maximum Gasteiger partial charge on any atom is 0.159 e. The minimum absolute atomic E-state index is 0.164. The molecular weight excluding hydrogens is 260 g/mol. The molecule has 1 unspecified atom stereocenters. The van der Waals surface area contributed by atoms with Gasteiger partial charge in [0.2, 0.25) is 0 Å². The highest BCUT2D eigenvalue weighted by atomic mass is 16.3. The van der Waals surface area contributed by atoms with Gasteiger partial charge >= 0.3 is 0 Å². The quantitative estimate of drug-likeness (QED) is 0.529. The maximum absolute atomic E-state index is 11.2. The van der Waals surface area contributed by atoms with E-state index in [1.807, 2.05) is 12.2 Å². The summed E-state index contributed by atoms with van der Waals surface area (Å²) in [6.45, 7) is 3.34. The highest BCUT2D eigenvalue weighted by Crippen LogP contribution is 2.24. The lowest BCUT2D eigenvalue weighted by Gasteiger charge is -2.05. The number of carbonyl (C=O) groups is 1. The number of aliphatic hydroxyl groups is 1. The van der Waals surface area contributed by atoms with Gasteiger partial charge in [-0.25, -0.2) is 0 Å². The van der Waals surface area contributed by atoms with Gasteiger partial charge in [0.15, 0.2) is 5.78 Å². The van der Waals surface area contributed by atoms with Gasteiger partial charge in [0.25, 0.3) is 0 Å². The fraction of sp³-hybridized carbons (Fsp3) is 0.421. The third kappa shape index (κ3) is 4.59. The number of rotatable bonds is 7. The van der Waals surface area contributed by atoms with E-state index >= 15 is 0 Å². The number of Topliss-reactive ketones (excluding diaryl/α,β-unsaturated/α-hetero) is 1. The molecule has 0 aromatic heterocycles. The lowest BCUT2D eigenvalue weighted by Crippen LogP contribution is -1.93. The molecule has 112 valence electrons. The molecule has 0 aromatic rings. The third-order valence-corrected chi connectivity index (χ3v) is 4.06. The lowest BCUT2D eigenvalue weighted by atomic mass is 10.0. The molecule has 2 aliphatic carbocycles. The van der Waals surface area contributed by atoms with Crippen LogP contribution in [-0.2, 0) is 4.79 Å². The number of aliphatic hydroxyl groups excluding tert-OH is 1. The summed E-state index contributed by atoms with van der Waals surface area (Å²) in [5.74, 6) is 1.00. The number of carbonyl (C=O) groups excluding carboxylic acids is 1. The second-order valence-electron chi connectivity index (χ2n) is 5.89. The molecule has 2 heteroatoms. The van der Waals surface area contributed by atoms with Crippen LogP contribution in [0.4, 0.5) is 0 Å². The Morgan fingerprint density at radius 3 is 2.57 bits per heavy atom. The van der Waals surface area contributed by atoms with Crippen molar-refractivity contribution < 1.29 is 9.90 Å². The van der Waals surface area contributed by atoms with Crippen molar-refractivity contribution >= 4 is 5.78 Å². The van der Waals surface area contributed by atoms with Crippen molar-refractivity contribution in [2.24, 2.45) is 5.92 Å². The van der Waals surface area contributed by atoms with Crippen LogP contribution in [0.5, 0.6) is 0 Å². The van der Waals surface area contributed by atoms with E-state index in [1.54, 1.807) is 13.8 Å². The first-order chi connectivity index (χ1) is 10.1. The van der Waals surface area contributed by atoms with E-state index < -0.39 is 0 Å². The first-order valence-corrected chi connectivity index (χ1v) is 7.75. The van der Waals surface area contributed by atoms with Crippen molar-refractivity contribution in [3.63, 3.8) is 0 Å². The summed E-state index contributed by atoms with van der Waals surface area (Å²) in [7, 11) is 0. The average molecular weight is 284 g/mol. The van der Waals surface area contributed by atoms with Gasteiger partial charge in [0.05, 0.1) is 5.76 Å². The highest BCUT2D eigenvalue weighted by Gasteiger charge is 2.11. The molecule has 0 aromatic carbocycles. The lowest BCUT2D eigenvalue weighted by molar-refractivity contribution is -0.113. The zero-order valence-electron chi connectivity index (χ0n) is 12.9. The van der Waals surface area contributed by atoms with Crippen molar-refractivity contribution in [1.29, 1.82) is 0 Å². The first kappa shape index (κ1) is 15.6. The van der Waals surface area contributed by atoms with Crippen LogP contribution >= 0.6 is 0 Å². The van der Waals surface area contributed by atoms with E-state index in [-0.39, 0.29) is 5.78 Å². The van der Waals surface area contributed by atoms with Gasteiger partial charge in [0, 0.05) is 11.1 Å². The van der Waals surface area contributed by atoms with Gasteiger partial charge in [-0.3, -0.25) is 4.79 Å². The number of hydrogen-bond acceptors (Lipinski definition) is 2. The Morgan fingerprint density at radius 1 is 1.14 bits per heavy atom. The van der Waals surface area contributed by atoms with Crippen LogP contribution < -0.4 is 0 Å². The zero-order chi connectivity index (χ0) is 15.2. The van der Waals surface area contributed by atoms with Crippen LogP contribution in [0.3, 0.4) is 0 Å². The zero-order valence-corrected chi connectivity index (χ0v) is 12.9. The minimum atomic E-state index is 0.164. The molecular formula is C19H24O2. The predicted octanol–water partition coefficient (Wildman–Crippen LogP) is 4.97. The Morgan fingerprint density at radius 2 is 1.95 bits per heavy atom. The minimum Gasteiger partial charge on any atom is -0.512 e. The molecule has 2 aliphatic rings. The molecule has 0 bridgehead atoms. The molecule has 1 N–H and O–H groups in total. The van der Waals surface area contributed by atoms with Crippen LogP contribution in [0.15, 0.2) is 58.9 Å². The smallest absolute Gasteiger partial charge is 0.159 e. The topological polar surface area (TPSA) is 37.3 Å². The maximum atomic E-state index is 11.2. The van der Waals surface area contributed by atoms with Crippen molar-refractivity contribution in [2.75, 3.05) is 0 Å². The van der Waals surface area contributed by atoms with E-state index in [9.17, 15) is 9.90 Å². The summed E-state index contributed by atoms with van der Waals surface area (Å²) in [6, 6.07) is 0. The molecule has 0 saturated carbocycles. The van der Waals surface area contributed by atoms with Crippen LogP contribution in [0.1, 0.15) is 46.0 Å². The predicted molar refractivity (Wildman–Crippen MR) is 87.0 cm³/mol. The van der Waals surface area contributed by atoms with Crippen molar-refractivity contribution in [3.05, 3.63) is 58.9 Å². The molecule has 0 aliphatic heterocycles. The van der Waals surface area contributed by atoms with Gasteiger partial charge in [-0.2, -0.15) is 0 Å². The standard InChI is InChI=1S/C19H24O2/c1-14(20)18-10-8-16(12-18)6-4-3-5-7-17-9-11-19(13-17)15(2)21/h8-13,16,21H,3-7H2,1-2H3. The number of unbranched alkanes of at least 4 members (excludes halogenated alkanes) is 2. The Balaban J connectivity index is 1.63. The van der Waals surface area contributed by atoms with Crippen LogP contribution in [0.2, 0.25) is 0 Å². The third-order valence-electron chi connectivity index (χ3n) is 4.06. The van der Waals surface area contributed by atoms with Crippen molar-refractivity contribution in [3.8, 4) is 0 Å². The molecule has 2 nitrogen and oxygen atoms in total. The van der Waals surface area contributed by atoms with Gasteiger partial charge in [-0.15, -0.1) is 0 Å². The van der Waals surface area contributed by atoms with Crippen LogP contribution in [0.25, 0.3) is 0 Å². The van der Waals surface area contributed by atoms with Crippen molar-refractivity contribution in [1.82, 2.24) is 0 Å². The van der Waals surface area contributed by atoms with E-state index in [1.165, 1.54) is 24.8 Å². The number of hydrogen-bond donors (Lipinski definition) is 1. The van der Waals surface area contributed by atoms with Gasteiger partial charge in [0.1, 0.15) is 0 Å². The first-order valence-electron chi connectivity index (χ1n) is 7.75. The monoisotopic (exact) mass is 284 g/mol. The number of allylic oxidation sites excluding steroid dienone is 10.